The van der Waals surface area contributed by atoms with E-state index < -0.39 is 0 Å². The molecule has 0 saturated carbocycles. The van der Waals surface area contributed by atoms with Crippen LogP contribution in [0.25, 0.3) is 0 Å². The Balaban J connectivity index is 2.31. The first kappa shape index (κ1) is 14.9. The Hall–Kier alpha value is -1.53. The third-order valence-corrected chi connectivity index (χ3v) is 3.70. The van der Waals surface area contributed by atoms with Gasteiger partial charge >= 0.3 is 0 Å². The first-order chi connectivity index (χ1) is 9.43. The number of aromatic nitrogens is 2. The zero-order chi connectivity index (χ0) is 14.9. The molecule has 3 N–H and O–H groups in total. The highest BCUT2D eigenvalue weighted by molar-refractivity contribution is 9.10. The zero-order valence-electron chi connectivity index (χ0n) is 11.1. The zero-order valence-corrected chi connectivity index (χ0v) is 13.4. The Morgan fingerprint density at radius 3 is 2.80 bits per heavy atom. The lowest BCUT2D eigenvalue weighted by atomic mass is 10.2. The third kappa shape index (κ3) is 2.81. The maximum absolute atomic E-state index is 12.3. The number of carbonyl (C=O) groups excluding carboxylic acids is 1. The average molecular weight is 358 g/mol. The summed E-state index contributed by atoms with van der Waals surface area (Å²) in [6.07, 6.45) is 0.673. The number of halogens is 2. The molecule has 0 fully saturated rings. The van der Waals surface area contributed by atoms with Gasteiger partial charge in [-0.05, 0) is 24.6 Å². The van der Waals surface area contributed by atoms with Gasteiger partial charge in [-0.1, -0.05) is 34.5 Å². The van der Waals surface area contributed by atoms with Crippen LogP contribution in [0, 0.1) is 0 Å². The van der Waals surface area contributed by atoms with Gasteiger partial charge in [-0.15, -0.1) is 0 Å². The van der Waals surface area contributed by atoms with Crippen LogP contribution in [0.2, 0.25) is 5.02 Å². The van der Waals surface area contributed by atoms with E-state index in [2.05, 4.69) is 26.3 Å². The summed E-state index contributed by atoms with van der Waals surface area (Å²) in [6.45, 7) is 1.94. The molecule has 2 rings (SSSR count). The predicted octanol–water partition coefficient (Wildman–Crippen LogP) is 3.23. The Labute approximate surface area is 130 Å². The minimum absolute atomic E-state index is 0.332. The Morgan fingerprint density at radius 1 is 1.55 bits per heavy atom. The molecule has 1 amide bonds. The van der Waals surface area contributed by atoms with Crippen molar-refractivity contribution in [2.75, 3.05) is 11.1 Å². The molecule has 0 bridgehead atoms. The van der Waals surface area contributed by atoms with Gasteiger partial charge in [-0.2, -0.15) is 5.10 Å². The van der Waals surface area contributed by atoms with Crippen molar-refractivity contribution in [1.29, 1.82) is 0 Å². The van der Waals surface area contributed by atoms with Gasteiger partial charge in [0.25, 0.3) is 5.91 Å². The highest BCUT2D eigenvalue weighted by Crippen LogP contribution is 2.27. The maximum atomic E-state index is 12.3. The summed E-state index contributed by atoms with van der Waals surface area (Å²) in [6, 6.07) is 5.23. The van der Waals surface area contributed by atoms with E-state index in [1.807, 2.05) is 6.92 Å². The molecular weight excluding hydrogens is 344 g/mol. The van der Waals surface area contributed by atoms with E-state index in [1.165, 1.54) is 4.68 Å². The SMILES string of the molecule is CCc1nn(C)c(C(=O)Nc2ccc(Br)cc2Cl)c1N. The molecule has 7 heteroatoms. The average Bonchev–Trinajstić information content (AvgIpc) is 2.67. The number of aryl methyl sites for hydroxylation is 2. The van der Waals surface area contributed by atoms with Gasteiger partial charge in [0.2, 0.25) is 0 Å². The van der Waals surface area contributed by atoms with Crippen LogP contribution in [0.5, 0.6) is 0 Å². The summed E-state index contributed by atoms with van der Waals surface area (Å²) in [4.78, 5) is 12.3. The smallest absolute Gasteiger partial charge is 0.276 e. The van der Waals surface area contributed by atoms with E-state index in [0.29, 0.717) is 34.2 Å². The van der Waals surface area contributed by atoms with Crippen LogP contribution in [0.4, 0.5) is 11.4 Å². The lowest BCUT2D eigenvalue weighted by molar-refractivity contribution is 0.101. The number of nitrogens with zero attached hydrogens (tertiary/aromatic N) is 2. The summed E-state index contributed by atoms with van der Waals surface area (Å²) < 4.78 is 2.32. The van der Waals surface area contributed by atoms with Crippen LogP contribution < -0.4 is 11.1 Å². The van der Waals surface area contributed by atoms with Crippen LogP contribution in [0.3, 0.4) is 0 Å². The molecule has 0 radical (unpaired) electrons. The molecule has 0 unspecified atom stereocenters. The number of rotatable bonds is 3. The van der Waals surface area contributed by atoms with E-state index in [4.69, 9.17) is 17.3 Å². The van der Waals surface area contributed by atoms with Crippen molar-refractivity contribution >= 4 is 44.8 Å². The first-order valence-electron chi connectivity index (χ1n) is 6.01. The van der Waals surface area contributed by atoms with Gasteiger partial charge in [0.1, 0.15) is 5.69 Å². The molecule has 1 heterocycles. The van der Waals surface area contributed by atoms with Crippen molar-refractivity contribution in [2.24, 2.45) is 7.05 Å². The molecule has 0 aliphatic rings. The molecule has 0 aliphatic heterocycles. The number of benzene rings is 1. The minimum Gasteiger partial charge on any atom is -0.395 e. The van der Waals surface area contributed by atoms with Gasteiger partial charge < -0.3 is 11.1 Å². The quantitative estimate of drug-likeness (QED) is 0.885. The fourth-order valence-electron chi connectivity index (χ4n) is 1.90. The number of anilines is 2. The number of hydrogen-bond donors (Lipinski definition) is 2. The summed E-state index contributed by atoms with van der Waals surface area (Å²) in [7, 11) is 1.69. The Kier molecular flexibility index (Phi) is 4.35. The lowest BCUT2D eigenvalue weighted by Gasteiger charge is -2.08. The van der Waals surface area contributed by atoms with E-state index in [-0.39, 0.29) is 5.91 Å². The summed E-state index contributed by atoms with van der Waals surface area (Å²) in [5, 5.41) is 7.41. The van der Waals surface area contributed by atoms with Crippen LogP contribution in [-0.4, -0.2) is 15.7 Å². The Bertz CT molecular complexity index is 669. The van der Waals surface area contributed by atoms with Crippen molar-refractivity contribution in [3.05, 3.63) is 39.1 Å². The van der Waals surface area contributed by atoms with Gasteiger partial charge in [-0.25, -0.2) is 0 Å². The van der Waals surface area contributed by atoms with Gasteiger partial charge in [0.15, 0.2) is 0 Å². The summed E-state index contributed by atoms with van der Waals surface area (Å²) >= 11 is 9.39. The summed E-state index contributed by atoms with van der Waals surface area (Å²) in [5.74, 6) is -0.332. The fraction of sp³-hybridized carbons (Fsp3) is 0.231. The van der Waals surface area contributed by atoms with E-state index >= 15 is 0 Å². The number of nitrogen functional groups attached to an aromatic ring is 1. The molecule has 0 aliphatic carbocycles. The number of carbonyl (C=O) groups is 1. The number of hydrogen-bond acceptors (Lipinski definition) is 3. The molecule has 0 saturated heterocycles. The van der Waals surface area contributed by atoms with Crippen molar-refractivity contribution < 1.29 is 4.79 Å². The van der Waals surface area contributed by atoms with Gasteiger partial charge in [-0.3, -0.25) is 9.48 Å². The molecule has 0 spiro atoms. The maximum Gasteiger partial charge on any atom is 0.276 e. The van der Waals surface area contributed by atoms with Crippen LogP contribution in [0.15, 0.2) is 22.7 Å². The minimum atomic E-state index is -0.332. The Morgan fingerprint density at radius 2 is 2.25 bits per heavy atom. The molecule has 20 heavy (non-hydrogen) atoms. The molecule has 106 valence electrons. The molecule has 1 aromatic heterocycles. The first-order valence-corrected chi connectivity index (χ1v) is 7.18. The molecular formula is C13H14BrClN4O. The molecule has 0 atom stereocenters. The van der Waals surface area contributed by atoms with Gasteiger partial charge in [0, 0.05) is 11.5 Å². The second-order valence-corrected chi connectivity index (χ2v) is 5.59. The summed E-state index contributed by atoms with van der Waals surface area (Å²) in [5.41, 5.74) is 7.92. The third-order valence-electron chi connectivity index (χ3n) is 2.89. The van der Waals surface area contributed by atoms with Crippen LogP contribution in [0.1, 0.15) is 23.1 Å². The van der Waals surface area contributed by atoms with E-state index in [0.717, 1.165) is 4.47 Å². The molecule has 5 nitrogen and oxygen atoms in total. The topological polar surface area (TPSA) is 72.9 Å². The normalized spacial score (nSPS) is 10.6. The van der Waals surface area contributed by atoms with Crippen molar-refractivity contribution in [3.63, 3.8) is 0 Å². The monoisotopic (exact) mass is 356 g/mol. The van der Waals surface area contributed by atoms with Gasteiger partial charge in [0.05, 0.1) is 22.1 Å². The molecule has 1 aromatic carbocycles. The van der Waals surface area contributed by atoms with Crippen molar-refractivity contribution in [2.45, 2.75) is 13.3 Å². The molecule has 2 aromatic rings. The highest BCUT2D eigenvalue weighted by Gasteiger charge is 2.19. The second kappa shape index (κ2) is 5.85. The largest absolute Gasteiger partial charge is 0.395 e. The van der Waals surface area contributed by atoms with Crippen molar-refractivity contribution in [1.82, 2.24) is 9.78 Å². The van der Waals surface area contributed by atoms with Crippen molar-refractivity contribution in [3.8, 4) is 0 Å². The lowest BCUT2D eigenvalue weighted by Crippen LogP contribution is -2.17. The number of nitrogens with two attached hydrogens (primary N) is 1. The second-order valence-electron chi connectivity index (χ2n) is 4.26. The number of nitrogens with one attached hydrogen (secondary N) is 1. The van der Waals surface area contributed by atoms with Crippen LogP contribution in [-0.2, 0) is 13.5 Å². The van der Waals surface area contributed by atoms with E-state index in [1.54, 1.807) is 25.2 Å². The fourth-order valence-corrected chi connectivity index (χ4v) is 2.62. The predicted molar refractivity (Wildman–Crippen MR) is 84.1 cm³/mol. The number of amides is 1. The van der Waals surface area contributed by atoms with E-state index in [9.17, 15) is 4.79 Å². The highest BCUT2D eigenvalue weighted by atomic mass is 79.9. The standard InChI is InChI=1S/C13H14BrClN4O/c1-3-9-11(16)12(19(2)18-9)13(20)17-10-5-4-7(14)6-8(10)15/h4-6H,3,16H2,1-2H3,(H,17,20). The van der Waals surface area contributed by atoms with Crippen LogP contribution >= 0.6 is 27.5 Å².